The minimum absolute atomic E-state index is 0.0131. The Balaban J connectivity index is 1.57. The fourth-order valence-electron chi connectivity index (χ4n) is 2.29. The molecule has 4 aromatic rings. The molecule has 1 N–H and O–H groups in total. The molecule has 3 aromatic heterocycles. The van der Waals surface area contributed by atoms with E-state index in [1.165, 1.54) is 23.5 Å². The lowest BCUT2D eigenvalue weighted by Gasteiger charge is -2.02. The average molecular weight is 353 g/mol. The molecule has 0 unspecified atom stereocenters. The van der Waals surface area contributed by atoms with Gasteiger partial charge in [0.2, 0.25) is 10.9 Å². The van der Waals surface area contributed by atoms with E-state index in [0.29, 0.717) is 23.0 Å². The van der Waals surface area contributed by atoms with E-state index in [-0.39, 0.29) is 5.69 Å². The molecule has 0 bridgehead atoms. The highest BCUT2D eigenvalue weighted by Gasteiger charge is 2.10. The molecule has 25 heavy (non-hydrogen) atoms. The molecule has 0 amide bonds. The van der Waals surface area contributed by atoms with Gasteiger partial charge in [0.1, 0.15) is 0 Å². The zero-order chi connectivity index (χ0) is 17.4. The predicted molar refractivity (Wildman–Crippen MR) is 93.0 cm³/mol. The van der Waals surface area contributed by atoms with Crippen LogP contribution in [0.2, 0.25) is 0 Å². The first-order valence-electron chi connectivity index (χ1n) is 7.26. The van der Waals surface area contributed by atoms with Crippen molar-refractivity contribution in [2.24, 2.45) is 0 Å². The number of nitro benzene ring substituents is 1. The van der Waals surface area contributed by atoms with Crippen LogP contribution < -0.4 is 5.32 Å². The zero-order valence-electron chi connectivity index (χ0n) is 12.9. The van der Waals surface area contributed by atoms with E-state index in [1.807, 2.05) is 12.3 Å². The number of thiazole rings is 1. The molecule has 0 saturated heterocycles. The lowest BCUT2D eigenvalue weighted by molar-refractivity contribution is -0.384. The highest BCUT2D eigenvalue weighted by atomic mass is 32.1. The summed E-state index contributed by atoms with van der Waals surface area (Å²) in [5, 5.41) is 28.4. The molecular formula is C15H11N7O2S. The van der Waals surface area contributed by atoms with Gasteiger partial charge in [0.15, 0.2) is 5.82 Å². The number of aryl methyl sites for hydroxylation is 1. The van der Waals surface area contributed by atoms with Gasteiger partial charge in [-0.1, -0.05) is 12.1 Å². The Morgan fingerprint density at radius 3 is 2.84 bits per heavy atom. The number of nitro groups is 1. The van der Waals surface area contributed by atoms with Gasteiger partial charge >= 0.3 is 0 Å². The number of aromatic nitrogens is 5. The number of benzene rings is 1. The SMILES string of the molecule is Cc1csc2nc(Nc3ccc(-c4cccc([N+](=O)[O-])c4)nn3)nn12. The fraction of sp³-hybridized carbons (Fsp3) is 0.0667. The van der Waals surface area contributed by atoms with Crippen LogP contribution in [0.4, 0.5) is 17.5 Å². The summed E-state index contributed by atoms with van der Waals surface area (Å²) in [4.78, 5) is 15.6. The van der Waals surface area contributed by atoms with Crippen LogP contribution in [-0.2, 0) is 0 Å². The van der Waals surface area contributed by atoms with Gasteiger partial charge in [-0.25, -0.2) is 4.52 Å². The number of nitrogens with zero attached hydrogens (tertiary/aromatic N) is 6. The normalized spacial score (nSPS) is 10.9. The maximum absolute atomic E-state index is 10.9. The maximum Gasteiger partial charge on any atom is 0.270 e. The quantitative estimate of drug-likeness (QED) is 0.443. The van der Waals surface area contributed by atoms with E-state index >= 15 is 0 Å². The second-order valence-electron chi connectivity index (χ2n) is 5.24. The third kappa shape index (κ3) is 2.90. The summed E-state index contributed by atoms with van der Waals surface area (Å²) in [7, 11) is 0. The van der Waals surface area contributed by atoms with Gasteiger partial charge in [-0.05, 0) is 19.1 Å². The van der Waals surface area contributed by atoms with Crippen molar-refractivity contribution >= 4 is 33.8 Å². The van der Waals surface area contributed by atoms with Crippen LogP contribution in [-0.4, -0.2) is 29.7 Å². The molecule has 0 atom stereocenters. The molecule has 0 radical (unpaired) electrons. The number of fused-ring (bicyclic) bond motifs is 1. The molecule has 1 aromatic carbocycles. The monoisotopic (exact) mass is 353 g/mol. The summed E-state index contributed by atoms with van der Waals surface area (Å²) in [5.74, 6) is 0.928. The standard InChI is InChI=1S/C15H11N7O2S/c1-9-8-25-15-17-14(20-21(9)15)16-13-6-5-12(18-19-13)10-3-2-4-11(7-10)22(23)24/h2-8H,1H3,(H,16,19,20). The lowest BCUT2D eigenvalue weighted by Crippen LogP contribution is -1.98. The Labute approximate surface area is 145 Å². The van der Waals surface area contributed by atoms with E-state index in [4.69, 9.17) is 0 Å². The molecule has 3 heterocycles. The van der Waals surface area contributed by atoms with Gasteiger partial charge in [-0.15, -0.1) is 26.6 Å². The Hall–Kier alpha value is -3.40. The first kappa shape index (κ1) is 15.1. The van der Waals surface area contributed by atoms with Crippen LogP contribution in [0.3, 0.4) is 0 Å². The summed E-state index contributed by atoms with van der Waals surface area (Å²) < 4.78 is 1.75. The Morgan fingerprint density at radius 1 is 1.24 bits per heavy atom. The van der Waals surface area contributed by atoms with Crippen molar-refractivity contribution in [1.82, 2.24) is 24.8 Å². The van der Waals surface area contributed by atoms with E-state index < -0.39 is 4.92 Å². The van der Waals surface area contributed by atoms with Crippen molar-refractivity contribution in [2.45, 2.75) is 6.92 Å². The number of rotatable bonds is 4. The second-order valence-corrected chi connectivity index (χ2v) is 6.08. The molecule has 0 aliphatic rings. The van der Waals surface area contributed by atoms with Gasteiger partial charge < -0.3 is 5.32 Å². The van der Waals surface area contributed by atoms with Crippen molar-refractivity contribution in [3.63, 3.8) is 0 Å². The lowest BCUT2D eigenvalue weighted by atomic mass is 10.1. The predicted octanol–water partition coefficient (Wildman–Crippen LogP) is 3.21. The summed E-state index contributed by atoms with van der Waals surface area (Å²) >= 11 is 1.51. The summed E-state index contributed by atoms with van der Waals surface area (Å²) in [6.45, 7) is 1.95. The van der Waals surface area contributed by atoms with E-state index in [0.717, 1.165) is 10.7 Å². The Bertz CT molecular complexity index is 1070. The van der Waals surface area contributed by atoms with Gasteiger partial charge in [-0.3, -0.25) is 10.1 Å². The second kappa shape index (κ2) is 5.91. The van der Waals surface area contributed by atoms with E-state index in [2.05, 4.69) is 25.6 Å². The van der Waals surface area contributed by atoms with Crippen molar-refractivity contribution in [1.29, 1.82) is 0 Å². The van der Waals surface area contributed by atoms with Crippen molar-refractivity contribution < 1.29 is 4.92 Å². The molecule has 0 spiro atoms. The number of hydrogen-bond donors (Lipinski definition) is 1. The van der Waals surface area contributed by atoms with Crippen LogP contribution >= 0.6 is 11.3 Å². The van der Waals surface area contributed by atoms with Gasteiger partial charge in [-0.2, -0.15) is 4.98 Å². The molecule has 0 aliphatic heterocycles. The zero-order valence-corrected chi connectivity index (χ0v) is 13.8. The molecule has 4 rings (SSSR count). The minimum atomic E-state index is -0.440. The van der Waals surface area contributed by atoms with Crippen LogP contribution in [0.15, 0.2) is 41.8 Å². The number of anilines is 2. The summed E-state index contributed by atoms with van der Waals surface area (Å²) in [6, 6.07) is 9.72. The molecule has 0 saturated carbocycles. The molecule has 10 heteroatoms. The fourth-order valence-corrected chi connectivity index (χ4v) is 3.09. The molecular weight excluding hydrogens is 342 g/mol. The Morgan fingerprint density at radius 2 is 2.12 bits per heavy atom. The van der Waals surface area contributed by atoms with Gasteiger partial charge in [0.25, 0.3) is 5.69 Å². The molecule has 9 nitrogen and oxygen atoms in total. The highest BCUT2D eigenvalue weighted by molar-refractivity contribution is 7.15. The molecule has 0 fully saturated rings. The first-order chi connectivity index (χ1) is 12.1. The average Bonchev–Trinajstić information content (AvgIpc) is 3.17. The number of hydrogen-bond acceptors (Lipinski definition) is 8. The smallest absolute Gasteiger partial charge is 0.270 e. The third-order valence-corrected chi connectivity index (χ3v) is 4.44. The van der Waals surface area contributed by atoms with Gasteiger partial charge in [0.05, 0.1) is 16.3 Å². The maximum atomic E-state index is 10.9. The minimum Gasteiger partial charge on any atom is -0.306 e. The highest BCUT2D eigenvalue weighted by Crippen LogP contribution is 2.23. The van der Waals surface area contributed by atoms with Crippen molar-refractivity contribution in [2.75, 3.05) is 5.32 Å². The third-order valence-electron chi connectivity index (χ3n) is 3.50. The summed E-state index contributed by atoms with van der Waals surface area (Å²) in [5.41, 5.74) is 2.19. The topological polar surface area (TPSA) is 111 Å². The van der Waals surface area contributed by atoms with Crippen molar-refractivity contribution in [3.8, 4) is 11.3 Å². The van der Waals surface area contributed by atoms with Gasteiger partial charge in [0, 0.05) is 23.1 Å². The summed E-state index contributed by atoms with van der Waals surface area (Å²) in [6.07, 6.45) is 0. The largest absolute Gasteiger partial charge is 0.306 e. The van der Waals surface area contributed by atoms with Crippen LogP contribution in [0, 0.1) is 17.0 Å². The Kier molecular flexibility index (Phi) is 3.58. The van der Waals surface area contributed by atoms with Crippen LogP contribution in [0.25, 0.3) is 16.2 Å². The van der Waals surface area contributed by atoms with E-state index in [9.17, 15) is 10.1 Å². The van der Waals surface area contributed by atoms with Crippen molar-refractivity contribution in [3.05, 3.63) is 57.6 Å². The number of nitrogens with one attached hydrogen (secondary N) is 1. The van der Waals surface area contributed by atoms with E-state index in [1.54, 1.807) is 28.8 Å². The molecule has 124 valence electrons. The van der Waals surface area contributed by atoms with Crippen LogP contribution in [0.5, 0.6) is 0 Å². The van der Waals surface area contributed by atoms with Crippen LogP contribution in [0.1, 0.15) is 5.69 Å². The first-order valence-corrected chi connectivity index (χ1v) is 8.14. The number of non-ortho nitro benzene ring substituents is 1. The molecule has 0 aliphatic carbocycles.